The van der Waals surface area contributed by atoms with Gasteiger partial charge in [0.25, 0.3) is 0 Å². The maximum atomic E-state index is 13.1. The summed E-state index contributed by atoms with van der Waals surface area (Å²) in [5, 5.41) is 0. The summed E-state index contributed by atoms with van der Waals surface area (Å²) in [7, 11) is 0. The van der Waals surface area contributed by atoms with Gasteiger partial charge in [0.2, 0.25) is 0 Å². The molecule has 8 nitrogen and oxygen atoms in total. The van der Waals surface area contributed by atoms with Gasteiger partial charge < -0.3 is 9.47 Å². The molecule has 0 radical (unpaired) electrons. The van der Waals surface area contributed by atoms with Crippen LogP contribution < -0.4 is 0 Å². The minimum absolute atomic E-state index is 0.0700. The molecule has 0 saturated heterocycles. The molecule has 0 spiro atoms. The van der Waals surface area contributed by atoms with Gasteiger partial charge in [0.1, 0.15) is 13.2 Å². The van der Waals surface area contributed by atoms with Gasteiger partial charge in [-0.05, 0) is 38.8 Å². The van der Waals surface area contributed by atoms with E-state index < -0.39 is 29.7 Å². The third kappa shape index (κ3) is 9.37. The first-order valence-corrected chi connectivity index (χ1v) is 12.4. The zero-order chi connectivity index (χ0) is 27.6. The van der Waals surface area contributed by atoms with E-state index in [9.17, 15) is 19.2 Å². The SMILES string of the molecule is CC(=O)[C@@H](C)N(CC(C)(C)CN(C(=O)OCc1ccccc1)[C@H](C)C(C)=O)C(=O)OCc1ccccc1. The molecule has 0 aromatic heterocycles. The monoisotopic (exact) mass is 510 g/mol. The van der Waals surface area contributed by atoms with Crippen LogP contribution in [-0.4, -0.2) is 58.7 Å². The third-order valence-corrected chi connectivity index (χ3v) is 6.19. The molecule has 2 amide bonds. The van der Waals surface area contributed by atoms with E-state index in [1.807, 2.05) is 74.5 Å². The lowest BCUT2D eigenvalue weighted by molar-refractivity contribution is -0.122. The lowest BCUT2D eigenvalue weighted by Crippen LogP contribution is -2.53. The van der Waals surface area contributed by atoms with Crippen LogP contribution in [0.2, 0.25) is 0 Å². The smallest absolute Gasteiger partial charge is 0.410 e. The number of amides is 2. The van der Waals surface area contributed by atoms with Gasteiger partial charge in [-0.1, -0.05) is 74.5 Å². The van der Waals surface area contributed by atoms with E-state index in [1.54, 1.807) is 13.8 Å². The van der Waals surface area contributed by atoms with Crippen LogP contribution in [0, 0.1) is 5.41 Å². The molecule has 8 heteroatoms. The Morgan fingerprint density at radius 2 is 1.00 bits per heavy atom. The minimum atomic E-state index is -0.730. The summed E-state index contributed by atoms with van der Waals surface area (Å²) in [6.07, 6.45) is -1.25. The second-order valence-electron chi connectivity index (χ2n) is 10.1. The van der Waals surface area contributed by atoms with Gasteiger partial charge in [-0.3, -0.25) is 19.4 Å². The zero-order valence-electron chi connectivity index (χ0n) is 22.6. The number of hydrogen-bond donors (Lipinski definition) is 0. The van der Waals surface area contributed by atoms with Gasteiger partial charge in [0.05, 0.1) is 12.1 Å². The number of hydrogen-bond acceptors (Lipinski definition) is 6. The summed E-state index contributed by atoms with van der Waals surface area (Å²) < 4.78 is 11.0. The standard InChI is InChI=1S/C29H38N2O6/c1-21(23(3)32)30(27(34)36-17-25-13-9-7-10-14-25)19-29(5,6)20-31(22(2)24(4)33)28(35)37-18-26-15-11-8-12-16-26/h7-16,21-22H,17-20H2,1-6H3/t21-,22-/m1/s1. The number of rotatable bonds is 12. The third-order valence-electron chi connectivity index (χ3n) is 6.19. The highest BCUT2D eigenvalue weighted by atomic mass is 16.6. The lowest BCUT2D eigenvalue weighted by Gasteiger charge is -2.39. The molecular formula is C29H38N2O6. The maximum Gasteiger partial charge on any atom is 0.410 e. The van der Waals surface area contributed by atoms with E-state index in [-0.39, 0.29) is 37.9 Å². The molecule has 2 rings (SSSR count). The molecule has 0 saturated carbocycles. The van der Waals surface area contributed by atoms with Gasteiger partial charge >= 0.3 is 12.2 Å². The van der Waals surface area contributed by atoms with Crippen molar-refractivity contribution in [3.63, 3.8) is 0 Å². The summed E-state index contributed by atoms with van der Waals surface area (Å²) in [4.78, 5) is 53.3. The molecule has 0 aliphatic heterocycles. The number of benzene rings is 2. The highest BCUT2D eigenvalue weighted by Gasteiger charge is 2.36. The lowest BCUT2D eigenvalue weighted by atomic mass is 9.90. The predicted molar refractivity (Wildman–Crippen MR) is 141 cm³/mol. The van der Waals surface area contributed by atoms with E-state index in [0.717, 1.165) is 11.1 Å². The molecule has 0 aliphatic rings. The molecule has 2 aromatic rings. The fraction of sp³-hybridized carbons (Fsp3) is 0.448. The van der Waals surface area contributed by atoms with Crippen molar-refractivity contribution in [3.05, 3.63) is 71.8 Å². The molecule has 37 heavy (non-hydrogen) atoms. The van der Waals surface area contributed by atoms with Crippen LogP contribution in [0.4, 0.5) is 9.59 Å². The fourth-order valence-corrected chi connectivity index (χ4v) is 3.73. The molecule has 2 atom stereocenters. The first-order valence-electron chi connectivity index (χ1n) is 12.4. The zero-order valence-corrected chi connectivity index (χ0v) is 22.6. The Balaban J connectivity index is 2.17. The minimum Gasteiger partial charge on any atom is -0.445 e. The van der Waals surface area contributed by atoms with Crippen LogP contribution >= 0.6 is 0 Å². The summed E-state index contributed by atoms with van der Waals surface area (Å²) in [5.41, 5.74) is 0.951. The predicted octanol–water partition coefficient (Wildman–Crippen LogP) is 5.25. The van der Waals surface area contributed by atoms with Gasteiger partial charge in [0.15, 0.2) is 11.6 Å². The van der Waals surface area contributed by atoms with Crippen LogP contribution in [0.3, 0.4) is 0 Å². The van der Waals surface area contributed by atoms with Crippen molar-refractivity contribution in [2.45, 2.75) is 66.8 Å². The van der Waals surface area contributed by atoms with Crippen molar-refractivity contribution in [2.24, 2.45) is 5.41 Å². The number of Topliss-reactive ketones (excluding diaryl/α,β-unsaturated/α-hetero) is 2. The average Bonchev–Trinajstić information content (AvgIpc) is 2.88. The molecular weight excluding hydrogens is 472 g/mol. The van der Waals surface area contributed by atoms with Crippen LogP contribution in [0.25, 0.3) is 0 Å². The van der Waals surface area contributed by atoms with Crippen LogP contribution in [-0.2, 0) is 32.3 Å². The Labute approximate surface area is 219 Å². The van der Waals surface area contributed by atoms with E-state index in [2.05, 4.69) is 0 Å². The summed E-state index contributed by atoms with van der Waals surface area (Å²) in [5.74, 6) is -0.382. The first-order chi connectivity index (χ1) is 17.4. The van der Waals surface area contributed by atoms with E-state index >= 15 is 0 Å². The second-order valence-corrected chi connectivity index (χ2v) is 10.1. The Hall–Kier alpha value is -3.68. The fourth-order valence-electron chi connectivity index (χ4n) is 3.73. The van der Waals surface area contributed by atoms with E-state index in [4.69, 9.17) is 9.47 Å². The number of ether oxygens (including phenoxy) is 2. The molecule has 0 unspecified atom stereocenters. The Bertz CT molecular complexity index is 971. The Morgan fingerprint density at radius 1 is 0.676 bits per heavy atom. The molecule has 0 N–H and O–H groups in total. The van der Waals surface area contributed by atoms with E-state index in [0.29, 0.717) is 0 Å². The van der Waals surface area contributed by atoms with Crippen molar-refractivity contribution >= 4 is 23.8 Å². The molecule has 0 fully saturated rings. The summed E-state index contributed by atoms with van der Waals surface area (Å²) >= 11 is 0. The quantitative estimate of drug-likeness (QED) is 0.387. The van der Waals surface area contributed by atoms with Gasteiger partial charge in [-0.2, -0.15) is 0 Å². The van der Waals surface area contributed by atoms with Gasteiger partial charge in [-0.15, -0.1) is 0 Å². The highest BCUT2D eigenvalue weighted by Crippen LogP contribution is 2.24. The Morgan fingerprint density at radius 3 is 1.30 bits per heavy atom. The van der Waals surface area contributed by atoms with Crippen molar-refractivity contribution < 1.29 is 28.7 Å². The molecule has 200 valence electrons. The number of nitrogens with zero attached hydrogens (tertiary/aromatic N) is 2. The average molecular weight is 511 g/mol. The maximum absolute atomic E-state index is 13.1. The number of carbonyl (C=O) groups is 4. The van der Waals surface area contributed by atoms with Gasteiger partial charge in [-0.25, -0.2) is 9.59 Å². The molecule has 0 aliphatic carbocycles. The second kappa shape index (κ2) is 13.6. The molecule has 0 bridgehead atoms. The summed E-state index contributed by atoms with van der Waals surface area (Å²) in [6, 6.07) is 17.1. The first kappa shape index (κ1) is 29.5. The number of ketones is 2. The van der Waals surface area contributed by atoms with Crippen molar-refractivity contribution in [1.82, 2.24) is 9.80 Å². The molecule has 2 aromatic carbocycles. The van der Waals surface area contributed by atoms with E-state index in [1.165, 1.54) is 23.6 Å². The van der Waals surface area contributed by atoms with Crippen molar-refractivity contribution in [1.29, 1.82) is 0 Å². The Kier molecular flexibility index (Phi) is 10.8. The topological polar surface area (TPSA) is 93.2 Å². The van der Waals surface area contributed by atoms with Crippen LogP contribution in [0.15, 0.2) is 60.7 Å². The van der Waals surface area contributed by atoms with Crippen molar-refractivity contribution in [2.75, 3.05) is 13.1 Å². The largest absolute Gasteiger partial charge is 0.445 e. The van der Waals surface area contributed by atoms with Crippen LogP contribution in [0.1, 0.15) is 52.7 Å². The summed E-state index contributed by atoms with van der Waals surface area (Å²) in [6.45, 7) is 10.2. The van der Waals surface area contributed by atoms with Crippen molar-refractivity contribution in [3.8, 4) is 0 Å². The normalized spacial score (nSPS) is 12.7. The van der Waals surface area contributed by atoms with Gasteiger partial charge in [0, 0.05) is 18.5 Å². The number of carbonyl (C=O) groups excluding carboxylic acids is 4. The molecule has 0 heterocycles. The highest BCUT2D eigenvalue weighted by molar-refractivity contribution is 5.85. The van der Waals surface area contributed by atoms with Crippen LogP contribution in [0.5, 0.6) is 0 Å².